The Labute approximate surface area is 99.7 Å². The van der Waals surface area contributed by atoms with Crippen LogP contribution in [0.2, 0.25) is 0 Å². The molecule has 1 aromatic carbocycles. The fourth-order valence-corrected chi connectivity index (χ4v) is 1.52. The van der Waals surface area contributed by atoms with Crippen LogP contribution in [0.3, 0.4) is 0 Å². The first-order valence-electron chi connectivity index (χ1n) is 5.50. The minimum absolute atomic E-state index is 0.345. The Bertz CT molecular complexity index is 561. The number of carbonyl (C=O) groups is 1. The summed E-state index contributed by atoms with van der Waals surface area (Å²) in [6.07, 6.45) is 3.05. The summed E-state index contributed by atoms with van der Waals surface area (Å²) in [7, 11) is 0. The number of pyridine rings is 1. The Balaban J connectivity index is 2.22. The Kier molecular flexibility index (Phi) is 3.50. The number of hydrogen-bond donors (Lipinski definition) is 0. The number of esters is 1. The zero-order valence-corrected chi connectivity index (χ0v) is 9.59. The van der Waals surface area contributed by atoms with E-state index in [-0.39, 0.29) is 5.97 Å². The lowest BCUT2D eigenvalue weighted by Crippen LogP contribution is -1.98. The maximum atomic E-state index is 11.1. The third kappa shape index (κ3) is 2.91. The van der Waals surface area contributed by atoms with Crippen molar-refractivity contribution in [2.45, 2.75) is 6.92 Å². The monoisotopic (exact) mass is 227 g/mol. The molecule has 0 unspecified atom stereocenters. The number of para-hydroxylation sites is 1. The van der Waals surface area contributed by atoms with Crippen molar-refractivity contribution in [1.29, 1.82) is 0 Å². The number of nitrogens with zero attached hydrogens (tertiary/aromatic N) is 1. The van der Waals surface area contributed by atoms with Crippen LogP contribution in [0.15, 0.2) is 42.5 Å². The molecule has 0 aliphatic carbocycles. The van der Waals surface area contributed by atoms with E-state index in [0.717, 1.165) is 16.6 Å². The summed E-state index contributed by atoms with van der Waals surface area (Å²) in [4.78, 5) is 15.6. The summed E-state index contributed by atoms with van der Waals surface area (Å²) >= 11 is 0. The number of hydrogen-bond acceptors (Lipinski definition) is 3. The highest BCUT2D eigenvalue weighted by Crippen LogP contribution is 2.12. The summed E-state index contributed by atoms with van der Waals surface area (Å²) in [5.41, 5.74) is 1.66. The van der Waals surface area contributed by atoms with Gasteiger partial charge in [-0.3, -0.25) is 0 Å². The minimum atomic E-state index is -0.345. The van der Waals surface area contributed by atoms with Crippen LogP contribution in [0.5, 0.6) is 0 Å². The van der Waals surface area contributed by atoms with Crippen LogP contribution >= 0.6 is 0 Å². The van der Waals surface area contributed by atoms with Gasteiger partial charge in [-0.2, -0.15) is 0 Å². The number of ether oxygens (including phenoxy) is 1. The molecular weight excluding hydrogens is 214 g/mol. The van der Waals surface area contributed by atoms with E-state index in [1.165, 1.54) is 6.08 Å². The van der Waals surface area contributed by atoms with Crippen LogP contribution in [0.4, 0.5) is 0 Å². The maximum absolute atomic E-state index is 11.1. The van der Waals surface area contributed by atoms with Crippen molar-refractivity contribution in [1.82, 2.24) is 4.98 Å². The number of fused-ring (bicyclic) bond motifs is 1. The molecule has 0 atom stereocenters. The highest BCUT2D eigenvalue weighted by molar-refractivity contribution is 5.87. The first-order chi connectivity index (χ1) is 8.29. The van der Waals surface area contributed by atoms with Crippen LogP contribution in [0.1, 0.15) is 12.6 Å². The predicted octanol–water partition coefficient (Wildman–Crippen LogP) is 2.81. The van der Waals surface area contributed by atoms with Gasteiger partial charge in [0.15, 0.2) is 0 Å². The fraction of sp³-hybridized carbons (Fsp3) is 0.143. The van der Waals surface area contributed by atoms with Crippen LogP contribution < -0.4 is 0 Å². The minimum Gasteiger partial charge on any atom is -0.463 e. The summed E-state index contributed by atoms with van der Waals surface area (Å²) in [6, 6.07) is 11.7. The van der Waals surface area contributed by atoms with Gasteiger partial charge in [0.05, 0.1) is 17.8 Å². The van der Waals surface area contributed by atoms with Gasteiger partial charge in [-0.1, -0.05) is 24.3 Å². The zero-order valence-electron chi connectivity index (χ0n) is 9.59. The molecule has 0 amide bonds. The van der Waals surface area contributed by atoms with Gasteiger partial charge in [-0.15, -0.1) is 0 Å². The molecule has 0 saturated heterocycles. The molecular formula is C14H13NO2. The molecule has 2 rings (SSSR count). The predicted molar refractivity (Wildman–Crippen MR) is 67.4 cm³/mol. The molecule has 17 heavy (non-hydrogen) atoms. The molecule has 2 aromatic rings. The van der Waals surface area contributed by atoms with Crippen molar-refractivity contribution in [2.75, 3.05) is 6.61 Å². The fourth-order valence-electron chi connectivity index (χ4n) is 1.52. The number of rotatable bonds is 3. The van der Waals surface area contributed by atoms with Gasteiger partial charge in [-0.05, 0) is 25.1 Å². The molecule has 0 aliphatic rings. The lowest BCUT2D eigenvalue weighted by molar-refractivity contribution is -0.137. The summed E-state index contributed by atoms with van der Waals surface area (Å²) in [5.74, 6) is -0.345. The molecule has 3 heteroatoms. The topological polar surface area (TPSA) is 39.2 Å². The van der Waals surface area contributed by atoms with Crippen molar-refractivity contribution in [3.63, 3.8) is 0 Å². The number of benzene rings is 1. The molecule has 0 bridgehead atoms. The smallest absolute Gasteiger partial charge is 0.330 e. The first-order valence-corrected chi connectivity index (χ1v) is 5.50. The summed E-state index contributed by atoms with van der Waals surface area (Å²) in [6.45, 7) is 2.16. The van der Waals surface area contributed by atoms with Crippen molar-refractivity contribution in [2.24, 2.45) is 0 Å². The molecule has 0 aliphatic heterocycles. The van der Waals surface area contributed by atoms with E-state index in [1.54, 1.807) is 13.0 Å². The van der Waals surface area contributed by atoms with E-state index in [2.05, 4.69) is 4.98 Å². The van der Waals surface area contributed by atoms with Crippen LogP contribution in [0, 0.1) is 0 Å². The third-order valence-electron chi connectivity index (χ3n) is 2.30. The van der Waals surface area contributed by atoms with Crippen LogP contribution in [-0.2, 0) is 9.53 Å². The van der Waals surface area contributed by atoms with Gasteiger partial charge in [0.25, 0.3) is 0 Å². The highest BCUT2D eigenvalue weighted by Gasteiger charge is 1.96. The number of aromatic nitrogens is 1. The van der Waals surface area contributed by atoms with Gasteiger partial charge >= 0.3 is 5.97 Å². The van der Waals surface area contributed by atoms with Gasteiger partial charge < -0.3 is 4.74 Å². The zero-order chi connectivity index (χ0) is 12.1. The van der Waals surface area contributed by atoms with Crippen molar-refractivity contribution in [3.8, 4) is 0 Å². The van der Waals surface area contributed by atoms with Crippen molar-refractivity contribution in [3.05, 3.63) is 48.2 Å². The van der Waals surface area contributed by atoms with E-state index in [1.807, 2.05) is 36.4 Å². The van der Waals surface area contributed by atoms with Gasteiger partial charge in [0.2, 0.25) is 0 Å². The van der Waals surface area contributed by atoms with E-state index >= 15 is 0 Å². The second kappa shape index (κ2) is 5.25. The second-order valence-corrected chi connectivity index (χ2v) is 3.51. The van der Waals surface area contributed by atoms with Gasteiger partial charge in [-0.25, -0.2) is 9.78 Å². The maximum Gasteiger partial charge on any atom is 0.330 e. The first kappa shape index (κ1) is 11.3. The van der Waals surface area contributed by atoms with Gasteiger partial charge in [0.1, 0.15) is 0 Å². The SMILES string of the molecule is CCOC(=O)C=Cc1ccc2ccccc2n1. The number of carbonyl (C=O) groups excluding carboxylic acids is 1. The quantitative estimate of drug-likeness (QED) is 0.598. The largest absolute Gasteiger partial charge is 0.463 e. The van der Waals surface area contributed by atoms with E-state index in [9.17, 15) is 4.79 Å². The summed E-state index contributed by atoms with van der Waals surface area (Å²) < 4.78 is 4.80. The average molecular weight is 227 g/mol. The Morgan fingerprint density at radius 2 is 2.12 bits per heavy atom. The Hall–Kier alpha value is -2.16. The lowest BCUT2D eigenvalue weighted by Gasteiger charge is -1.98. The molecule has 0 N–H and O–H groups in total. The van der Waals surface area contributed by atoms with Crippen LogP contribution in [0.25, 0.3) is 17.0 Å². The molecule has 1 heterocycles. The van der Waals surface area contributed by atoms with Crippen LogP contribution in [-0.4, -0.2) is 17.6 Å². The molecule has 0 saturated carbocycles. The molecule has 86 valence electrons. The normalized spacial score (nSPS) is 10.9. The Morgan fingerprint density at radius 3 is 2.94 bits per heavy atom. The molecule has 0 fully saturated rings. The average Bonchev–Trinajstić information content (AvgIpc) is 2.36. The Morgan fingerprint density at radius 1 is 1.29 bits per heavy atom. The third-order valence-corrected chi connectivity index (χ3v) is 2.30. The van der Waals surface area contributed by atoms with Crippen molar-refractivity contribution >= 4 is 22.9 Å². The van der Waals surface area contributed by atoms with Gasteiger partial charge in [0, 0.05) is 11.5 Å². The van der Waals surface area contributed by atoms with E-state index in [4.69, 9.17) is 4.74 Å². The lowest BCUT2D eigenvalue weighted by atomic mass is 10.2. The molecule has 3 nitrogen and oxygen atoms in total. The van der Waals surface area contributed by atoms with Crippen molar-refractivity contribution < 1.29 is 9.53 Å². The standard InChI is InChI=1S/C14H13NO2/c1-2-17-14(16)10-9-12-8-7-11-5-3-4-6-13(11)15-12/h3-10H,2H2,1H3. The molecule has 1 aromatic heterocycles. The summed E-state index contributed by atoms with van der Waals surface area (Å²) in [5, 5.41) is 1.08. The van der Waals surface area contributed by atoms with E-state index in [0.29, 0.717) is 6.61 Å². The highest BCUT2D eigenvalue weighted by atomic mass is 16.5. The second-order valence-electron chi connectivity index (χ2n) is 3.51. The molecule has 0 spiro atoms. The molecule has 0 radical (unpaired) electrons. The van der Waals surface area contributed by atoms with E-state index < -0.39 is 0 Å².